The minimum absolute atomic E-state index is 0.139. The number of thioether (sulfide) groups is 1. The van der Waals surface area contributed by atoms with Gasteiger partial charge >= 0.3 is 0 Å². The van der Waals surface area contributed by atoms with E-state index in [1.807, 2.05) is 18.2 Å². The number of benzene rings is 2. The molecule has 1 atom stereocenters. The molecular weight excluding hydrogens is 358 g/mol. The number of ether oxygens (including phenoxy) is 1. The van der Waals surface area contributed by atoms with Gasteiger partial charge in [-0.15, -0.1) is 0 Å². The normalized spacial score (nSPS) is 11.9. The summed E-state index contributed by atoms with van der Waals surface area (Å²) >= 11 is 1.16. The number of non-ortho nitro benzene ring substituents is 1. The summed E-state index contributed by atoms with van der Waals surface area (Å²) in [6, 6.07) is 11.3. The summed E-state index contributed by atoms with van der Waals surface area (Å²) < 4.78 is 10.7. The van der Waals surface area contributed by atoms with Crippen LogP contribution in [0.15, 0.2) is 52.1 Å². The van der Waals surface area contributed by atoms with Gasteiger partial charge in [0.05, 0.1) is 23.0 Å². The first-order valence-electron chi connectivity index (χ1n) is 7.63. The Labute approximate surface area is 152 Å². The second kappa shape index (κ2) is 7.44. The molecule has 0 saturated heterocycles. The van der Waals surface area contributed by atoms with Crippen molar-refractivity contribution in [2.24, 2.45) is 0 Å². The Morgan fingerprint density at radius 1 is 1.35 bits per heavy atom. The van der Waals surface area contributed by atoms with Crippen molar-refractivity contribution in [3.8, 4) is 5.75 Å². The monoisotopic (exact) mass is 373 g/mol. The molecule has 0 aliphatic carbocycles. The molecule has 26 heavy (non-hydrogen) atoms. The lowest BCUT2D eigenvalue weighted by molar-refractivity contribution is -0.384. The molecule has 0 spiro atoms. The Bertz CT molecular complexity index is 939. The number of fused-ring (bicyclic) bond motifs is 1. The maximum atomic E-state index is 12.5. The molecule has 3 aromatic rings. The molecule has 0 aliphatic rings. The van der Waals surface area contributed by atoms with Gasteiger partial charge in [0.1, 0.15) is 11.3 Å². The van der Waals surface area contributed by atoms with Crippen LogP contribution in [0, 0.1) is 10.1 Å². The van der Waals surface area contributed by atoms with E-state index in [2.05, 4.69) is 10.3 Å². The molecule has 1 amide bonds. The maximum absolute atomic E-state index is 12.5. The van der Waals surface area contributed by atoms with Gasteiger partial charge in [0.15, 0.2) is 5.58 Å². The average Bonchev–Trinajstić information content (AvgIpc) is 3.03. The second-order valence-electron chi connectivity index (χ2n) is 5.34. The highest BCUT2D eigenvalue weighted by Gasteiger charge is 2.20. The van der Waals surface area contributed by atoms with E-state index in [1.165, 1.54) is 25.3 Å². The molecule has 2 aromatic carbocycles. The van der Waals surface area contributed by atoms with Crippen LogP contribution in [0.5, 0.6) is 5.75 Å². The number of amides is 1. The van der Waals surface area contributed by atoms with Crippen LogP contribution in [-0.2, 0) is 4.79 Å². The predicted octanol–water partition coefficient (Wildman–Crippen LogP) is 3.86. The number of nitro benzene ring substituents is 1. The number of nitrogens with zero attached hydrogens (tertiary/aromatic N) is 2. The predicted molar refractivity (Wildman–Crippen MR) is 97.6 cm³/mol. The molecule has 0 fully saturated rings. The third-order valence-electron chi connectivity index (χ3n) is 3.57. The summed E-state index contributed by atoms with van der Waals surface area (Å²) in [4.78, 5) is 27.2. The molecule has 0 saturated carbocycles. The molecule has 1 heterocycles. The Morgan fingerprint density at radius 3 is 2.81 bits per heavy atom. The molecule has 3 rings (SSSR count). The highest BCUT2D eigenvalue weighted by Crippen LogP contribution is 2.31. The molecule has 1 aromatic heterocycles. The third kappa shape index (κ3) is 3.77. The van der Waals surface area contributed by atoms with Crippen LogP contribution in [-0.4, -0.2) is 28.2 Å². The molecule has 0 unspecified atom stereocenters. The first-order valence-corrected chi connectivity index (χ1v) is 8.51. The summed E-state index contributed by atoms with van der Waals surface area (Å²) in [7, 11) is 1.42. The van der Waals surface area contributed by atoms with E-state index >= 15 is 0 Å². The van der Waals surface area contributed by atoms with Crippen molar-refractivity contribution in [3.63, 3.8) is 0 Å². The number of anilines is 1. The SMILES string of the molecule is COc1ccc([N+](=O)[O-])cc1NC(=O)[C@@H](C)Sc1nc2ccccc2o1. The summed E-state index contributed by atoms with van der Waals surface area (Å²) in [5, 5.41) is 13.4. The number of carbonyl (C=O) groups excluding carboxylic acids is 1. The standard InChI is InChI=1S/C17H15N3O5S/c1-10(26-17-19-12-5-3-4-6-15(12)25-17)16(21)18-13-9-11(20(22)23)7-8-14(13)24-2/h3-10H,1-2H3,(H,18,21)/t10-/m1/s1. The highest BCUT2D eigenvalue weighted by molar-refractivity contribution is 8.00. The van der Waals surface area contributed by atoms with E-state index in [9.17, 15) is 14.9 Å². The van der Waals surface area contributed by atoms with Crippen LogP contribution in [0.3, 0.4) is 0 Å². The fourth-order valence-corrected chi connectivity index (χ4v) is 3.01. The van der Waals surface area contributed by atoms with E-state index < -0.39 is 10.2 Å². The van der Waals surface area contributed by atoms with Crippen LogP contribution in [0.1, 0.15) is 6.92 Å². The van der Waals surface area contributed by atoms with Crippen molar-refractivity contribution in [2.45, 2.75) is 17.4 Å². The fourth-order valence-electron chi connectivity index (χ4n) is 2.25. The molecule has 8 nitrogen and oxygen atoms in total. The van der Waals surface area contributed by atoms with Crippen molar-refractivity contribution in [1.29, 1.82) is 0 Å². The average molecular weight is 373 g/mol. The van der Waals surface area contributed by atoms with Crippen LogP contribution < -0.4 is 10.1 Å². The van der Waals surface area contributed by atoms with E-state index in [-0.39, 0.29) is 17.3 Å². The zero-order chi connectivity index (χ0) is 18.7. The van der Waals surface area contributed by atoms with Gasteiger partial charge in [-0.2, -0.15) is 0 Å². The fraction of sp³-hybridized carbons (Fsp3) is 0.176. The molecule has 0 radical (unpaired) electrons. The van der Waals surface area contributed by atoms with Gasteiger partial charge in [0.2, 0.25) is 5.91 Å². The number of oxazole rings is 1. The number of carbonyl (C=O) groups is 1. The Hall–Kier alpha value is -3.07. The minimum atomic E-state index is -0.536. The van der Waals surface area contributed by atoms with Crippen LogP contribution in [0.4, 0.5) is 11.4 Å². The van der Waals surface area contributed by atoms with Gasteiger partial charge in [-0.3, -0.25) is 14.9 Å². The van der Waals surface area contributed by atoms with Crippen LogP contribution in [0.2, 0.25) is 0 Å². The lowest BCUT2D eigenvalue weighted by atomic mass is 10.2. The molecule has 1 N–H and O–H groups in total. The van der Waals surface area contributed by atoms with E-state index in [0.717, 1.165) is 11.8 Å². The summed E-state index contributed by atoms with van der Waals surface area (Å²) in [5.41, 5.74) is 1.45. The lowest BCUT2D eigenvalue weighted by Crippen LogP contribution is -2.22. The smallest absolute Gasteiger partial charge is 0.271 e. The number of nitro groups is 1. The third-order valence-corrected chi connectivity index (χ3v) is 4.52. The van der Waals surface area contributed by atoms with Gasteiger partial charge in [-0.05, 0) is 25.1 Å². The Balaban J connectivity index is 1.74. The Morgan fingerprint density at radius 2 is 2.12 bits per heavy atom. The first kappa shape index (κ1) is 17.7. The summed E-state index contributed by atoms with van der Waals surface area (Å²) in [6.07, 6.45) is 0. The van der Waals surface area contributed by atoms with Gasteiger partial charge < -0.3 is 14.5 Å². The van der Waals surface area contributed by atoms with Crippen molar-refractivity contribution in [3.05, 3.63) is 52.6 Å². The zero-order valence-electron chi connectivity index (χ0n) is 14.0. The number of para-hydroxylation sites is 2. The van der Waals surface area contributed by atoms with Gasteiger partial charge in [-0.25, -0.2) is 4.98 Å². The summed E-state index contributed by atoms with van der Waals surface area (Å²) in [6.45, 7) is 1.69. The molecule has 134 valence electrons. The molecule has 0 bridgehead atoms. The summed E-state index contributed by atoms with van der Waals surface area (Å²) in [5.74, 6) is -0.0148. The van der Waals surface area contributed by atoms with Crippen LogP contribution in [0.25, 0.3) is 11.1 Å². The molecule has 9 heteroatoms. The van der Waals surface area contributed by atoms with Gasteiger partial charge in [-0.1, -0.05) is 23.9 Å². The van der Waals surface area contributed by atoms with Gasteiger partial charge in [0, 0.05) is 12.1 Å². The van der Waals surface area contributed by atoms with Crippen molar-refractivity contribution >= 4 is 40.1 Å². The maximum Gasteiger partial charge on any atom is 0.271 e. The Kier molecular flexibility index (Phi) is 5.08. The molecule has 0 aliphatic heterocycles. The van der Waals surface area contributed by atoms with Crippen molar-refractivity contribution in [2.75, 3.05) is 12.4 Å². The lowest BCUT2D eigenvalue weighted by Gasteiger charge is -2.12. The first-order chi connectivity index (χ1) is 12.5. The quantitative estimate of drug-likeness (QED) is 0.397. The largest absolute Gasteiger partial charge is 0.495 e. The van der Waals surface area contributed by atoms with Gasteiger partial charge in [0.25, 0.3) is 10.9 Å². The number of hydrogen-bond donors (Lipinski definition) is 1. The van der Waals surface area contributed by atoms with E-state index in [0.29, 0.717) is 22.1 Å². The highest BCUT2D eigenvalue weighted by atomic mass is 32.2. The molecular formula is C17H15N3O5S. The topological polar surface area (TPSA) is 108 Å². The number of rotatable bonds is 6. The number of nitrogens with one attached hydrogen (secondary N) is 1. The number of aromatic nitrogens is 1. The van der Waals surface area contributed by atoms with Crippen molar-refractivity contribution in [1.82, 2.24) is 4.98 Å². The number of hydrogen-bond acceptors (Lipinski definition) is 7. The number of methoxy groups -OCH3 is 1. The van der Waals surface area contributed by atoms with E-state index in [4.69, 9.17) is 9.15 Å². The van der Waals surface area contributed by atoms with Crippen molar-refractivity contribution < 1.29 is 18.9 Å². The minimum Gasteiger partial charge on any atom is -0.495 e. The van der Waals surface area contributed by atoms with Crippen LogP contribution >= 0.6 is 11.8 Å². The zero-order valence-corrected chi connectivity index (χ0v) is 14.8. The van der Waals surface area contributed by atoms with E-state index in [1.54, 1.807) is 13.0 Å². The second-order valence-corrected chi connectivity index (χ2v) is 6.63.